The molecule has 0 bridgehead atoms. The molecule has 0 spiro atoms. The van der Waals surface area contributed by atoms with Gasteiger partial charge in [-0.25, -0.2) is 0 Å². The van der Waals surface area contributed by atoms with E-state index < -0.39 is 0 Å². The second-order valence-corrected chi connectivity index (χ2v) is 5.98. The molecule has 0 amide bonds. The van der Waals surface area contributed by atoms with Gasteiger partial charge in [0.1, 0.15) is 11.3 Å². The van der Waals surface area contributed by atoms with Crippen LogP contribution in [0.4, 0.5) is 17.6 Å². The lowest BCUT2D eigenvalue weighted by Gasteiger charge is -2.08. The van der Waals surface area contributed by atoms with Crippen molar-refractivity contribution in [3.8, 4) is 17.3 Å². The molecule has 0 unspecified atom stereocenters. The molecule has 2 aromatic heterocycles. The van der Waals surface area contributed by atoms with Crippen molar-refractivity contribution in [1.82, 2.24) is 15.0 Å². The van der Waals surface area contributed by atoms with Gasteiger partial charge in [0.25, 0.3) is 0 Å². The summed E-state index contributed by atoms with van der Waals surface area (Å²) in [5, 5.41) is 4.16. The Balaban J connectivity index is 1.67. The van der Waals surface area contributed by atoms with Crippen LogP contribution in [0.5, 0.6) is 5.75 Å². The van der Waals surface area contributed by atoms with Gasteiger partial charge in [0, 0.05) is 16.6 Å². The van der Waals surface area contributed by atoms with Gasteiger partial charge in [0.15, 0.2) is 5.76 Å². The standard InChI is InChI=1S/C20H19N5O2/c1-3-26-14-10-8-13(9-11-14)22-20-24-18(23-19(21)25-20)17-12(2)15-6-4-5-7-16(15)27-17/h4-11H,3H2,1-2H3,(H3,21,22,23,24,25). The minimum absolute atomic E-state index is 0.119. The van der Waals surface area contributed by atoms with Crippen LogP contribution in [0.25, 0.3) is 22.6 Å². The molecule has 0 fully saturated rings. The maximum Gasteiger partial charge on any atom is 0.232 e. The third-order valence-corrected chi connectivity index (χ3v) is 4.12. The Morgan fingerprint density at radius 1 is 1.04 bits per heavy atom. The molecular formula is C20H19N5O2. The van der Waals surface area contributed by atoms with Crippen molar-refractivity contribution in [2.75, 3.05) is 17.7 Å². The molecule has 3 N–H and O–H groups in total. The number of aryl methyl sites for hydroxylation is 1. The van der Waals surface area contributed by atoms with Crippen molar-refractivity contribution in [2.45, 2.75) is 13.8 Å². The minimum Gasteiger partial charge on any atom is -0.494 e. The highest BCUT2D eigenvalue weighted by Gasteiger charge is 2.16. The predicted molar refractivity (Wildman–Crippen MR) is 105 cm³/mol. The first-order valence-corrected chi connectivity index (χ1v) is 8.64. The van der Waals surface area contributed by atoms with E-state index in [-0.39, 0.29) is 5.95 Å². The van der Waals surface area contributed by atoms with Crippen molar-refractivity contribution in [1.29, 1.82) is 0 Å². The monoisotopic (exact) mass is 361 g/mol. The molecule has 0 radical (unpaired) electrons. The molecule has 0 aliphatic heterocycles. The summed E-state index contributed by atoms with van der Waals surface area (Å²) < 4.78 is 11.4. The number of para-hydroxylation sites is 1. The Bertz CT molecular complexity index is 1090. The molecule has 4 rings (SSSR count). The molecule has 0 atom stereocenters. The van der Waals surface area contributed by atoms with E-state index in [1.807, 2.05) is 62.4 Å². The van der Waals surface area contributed by atoms with Crippen LogP contribution in [0.1, 0.15) is 12.5 Å². The molecule has 0 aliphatic rings. The molecule has 136 valence electrons. The number of benzene rings is 2. The number of nitrogens with two attached hydrogens (primary N) is 1. The largest absolute Gasteiger partial charge is 0.494 e. The van der Waals surface area contributed by atoms with E-state index in [2.05, 4.69) is 20.3 Å². The van der Waals surface area contributed by atoms with E-state index >= 15 is 0 Å². The summed E-state index contributed by atoms with van der Waals surface area (Å²) in [7, 11) is 0. The first-order chi connectivity index (χ1) is 13.1. The highest BCUT2D eigenvalue weighted by molar-refractivity contribution is 5.86. The normalized spacial score (nSPS) is 10.9. The number of aromatic nitrogens is 3. The number of anilines is 3. The predicted octanol–water partition coefficient (Wildman–Crippen LogP) is 4.32. The molecule has 0 saturated carbocycles. The van der Waals surface area contributed by atoms with Gasteiger partial charge in [-0.3, -0.25) is 0 Å². The van der Waals surface area contributed by atoms with Crippen LogP contribution in [0.3, 0.4) is 0 Å². The average Bonchev–Trinajstić information content (AvgIpc) is 3.00. The lowest BCUT2D eigenvalue weighted by Crippen LogP contribution is -2.05. The maximum absolute atomic E-state index is 5.94. The molecule has 0 saturated heterocycles. The van der Waals surface area contributed by atoms with Crippen LogP contribution in [-0.2, 0) is 0 Å². The van der Waals surface area contributed by atoms with Crippen LogP contribution in [0.15, 0.2) is 52.9 Å². The summed E-state index contributed by atoms with van der Waals surface area (Å²) >= 11 is 0. The van der Waals surface area contributed by atoms with E-state index in [4.69, 9.17) is 14.9 Å². The van der Waals surface area contributed by atoms with Crippen molar-refractivity contribution in [2.24, 2.45) is 0 Å². The van der Waals surface area contributed by atoms with Crippen LogP contribution in [-0.4, -0.2) is 21.6 Å². The smallest absolute Gasteiger partial charge is 0.232 e. The second kappa shape index (κ2) is 6.95. The van der Waals surface area contributed by atoms with Gasteiger partial charge < -0.3 is 20.2 Å². The molecule has 7 heteroatoms. The Morgan fingerprint density at radius 3 is 2.56 bits per heavy atom. The third kappa shape index (κ3) is 3.39. The number of rotatable bonds is 5. The number of ether oxygens (including phenoxy) is 1. The Kier molecular flexibility index (Phi) is 4.33. The number of hydrogen-bond donors (Lipinski definition) is 2. The summed E-state index contributed by atoms with van der Waals surface area (Å²) in [4.78, 5) is 12.9. The molecule has 7 nitrogen and oxygen atoms in total. The quantitative estimate of drug-likeness (QED) is 0.546. The summed E-state index contributed by atoms with van der Waals surface area (Å²) in [6, 6.07) is 15.3. The van der Waals surface area contributed by atoms with Crippen LogP contribution < -0.4 is 15.8 Å². The first kappa shape index (κ1) is 16.8. The number of nitrogen functional groups attached to an aromatic ring is 1. The van der Waals surface area contributed by atoms with Gasteiger partial charge in [-0.05, 0) is 44.2 Å². The number of furan rings is 1. The topological polar surface area (TPSA) is 99.1 Å². The van der Waals surface area contributed by atoms with Crippen LogP contribution in [0, 0.1) is 6.92 Å². The van der Waals surface area contributed by atoms with Crippen LogP contribution in [0.2, 0.25) is 0 Å². The fourth-order valence-corrected chi connectivity index (χ4v) is 2.87. The second-order valence-electron chi connectivity index (χ2n) is 5.98. The van der Waals surface area contributed by atoms with Gasteiger partial charge >= 0.3 is 0 Å². The molecule has 0 aliphatic carbocycles. The molecule has 2 heterocycles. The van der Waals surface area contributed by atoms with Gasteiger partial charge in [-0.15, -0.1) is 0 Å². The Morgan fingerprint density at radius 2 is 1.81 bits per heavy atom. The average molecular weight is 361 g/mol. The maximum atomic E-state index is 5.94. The van der Waals surface area contributed by atoms with E-state index in [1.54, 1.807) is 0 Å². The summed E-state index contributed by atoms with van der Waals surface area (Å²) in [6.07, 6.45) is 0. The SMILES string of the molecule is CCOc1ccc(Nc2nc(N)nc(-c3oc4ccccc4c3C)n2)cc1. The molecule has 4 aromatic rings. The zero-order chi connectivity index (χ0) is 18.8. The van der Waals surface area contributed by atoms with Crippen molar-refractivity contribution in [3.05, 3.63) is 54.1 Å². The molecule has 2 aromatic carbocycles. The van der Waals surface area contributed by atoms with Gasteiger partial charge in [0.2, 0.25) is 17.7 Å². The number of nitrogens with zero attached hydrogens (tertiary/aromatic N) is 3. The minimum atomic E-state index is 0.119. The van der Waals surface area contributed by atoms with Gasteiger partial charge in [0.05, 0.1) is 6.61 Å². The number of fused-ring (bicyclic) bond motifs is 1. The number of nitrogens with one attached hydrogen (secondary N) is 1. The van der Waals surface area contributed by atoms with Crippen LogP contribution >= 0.6 is 0 Å². The highest BCUT2D eigenvalue weighted by Crippen LogP contribution is 2.31. The van der Waals surface area contributed by atoms with Gasteiger partial charge in [-0.2, -0.15) is 15.0 Å². The zero-order valence-electron chi connectivity index (χ0n) is 15.1. The Hall–Kier alpha value is -3.61. The van der Waals surface area contributed by atoms with E-state index in [0.717, 1.165) is 28.0 Å². The third-order valence-electron chi connectivity index (χ3n) is 4.12. The summed E-state index contributed by atoms with van der Waals surface area (Å²) in [6.45, 7) is 4.54. The Labute approximate surface area is 156 Å². The van der Waals surface area contributed by atoms with Gasteiger partial charge in [-0.1, -0.05) is 18.2 Å². The van der Waals surface area contributed by atoms with E-state index in [0.29, 0.717) is 24.1 Å². The number of hydrogen-bond acceptors (Lipinski definition) is 7. The van der Waals surface area contributed by atoms with Crippen molar-refractivity contribution < 1.29 is 9.15 Å². The summed E-state index contributed by atoms with van der Waals surface area (Å²) in [5.41, 5.74) is 8.45. The fourth-order valence-electron chi connectivity index (χ4n) is 2.87. The molecular weight excluding hydrogens is 342 g/mol. The fraction of sp³-hybridized carbons (Fsp3) is 0.150. The van der Waals surface area contributed by atoms with E-state index in [1.165, 1.54) is 0 Å². The zero-order valence-corrected chi connectivity index (χ0v) is 15.1. The first-order valence-electron chi connectivity index (χ1n) is 8.64. The highest BCUT2D eigenvalue weighted by atomic mass is 16.5. The van der Waals surface area contributed by atoms with Crippen molar-refractivity contribution in [3.63, 3.8) is 0 Å². The lowest BCUT2D eigenvalue weighted by atomic mass is 10.1. The van der Waals surface area contributed by atoms with Crippen molar-refractivity contribution >= 4 is 28.6 Å². The van der Waals surface area contributed by atoms with E-state index in [9.17, 15) is 0 Å². The molecule has 27 heavy (non-hydrogen) atoms. The lowest BCUT2D eigenvalue weighted by molar-refractivity contribution is 0.340. The summed E-state index contributed by atoms with van der Waals surface area (Å²) in [5.74, 6) is 2.25.